The minimum Gasteiger partial charge on any atom is -0.326 e. The fourth-order valence-electron chi connectivity index (χ4n) is 4.31. The van der Waals surface area contributed by atoms with Crippen molar-refractivity contribution < 1.29 is 18.8 Å². The number of carbonyl (C=O) groups is 3. The van der Waals surface area contributed by atoms with Crippen LogP contribution in [0.1, 0.15) is 54.4 Å². The van der Waals surface area contributed by atoms with Crippen molar-refractivity contribution in [2.45, 2.75) is 38.5 Å². The highest BCUT2D eigenvalue weighted by Gasteiger charge is 2.30. The van der Waals surface area contributed by atoms with E-state index in [1.165, 1.54) is 23.1 Å². The molecule has 0 atom stereocenters. The van der Waals surface area contributed by atoms with Crippen LogP contribution >= 0.6 is 0 Å². The lowest BCUT2D eigenvalue weighted by atomic mass is 9.88. The lowest BCUT2D eigenvalue weighted by Gasteiger charge is -2.21. The smallest absolute Gasteiger partial charge is 0.258 e. The van der Waals surface area contributed by atoms with Crippen molar-refractivity contribution in [3.05, 3.63) is 66.0 Å². The molecule has 0 radical (unpaired) electrons. The van der Waals surface area contributed by atoms with Gasteiger partial charge in [0.1, 0.15) is 5.82 Å². The molecule has 1 aliphatic heterocycles. The van der Waals surface area contributed by atoms with Crippen LogP contribution in [0.2, 0.25) is 0 Å². The maximum Gasteiger partial charge on any atom is 0.258 e. The van der Waals surface area contributed by atoms with E-state index in [2.05, 4.69) is 17.2 Å². The molecule has 166 valence electrons. The molecule has 2 aromatic carbocycles. The number of hydrogen-bond donors (Lipinski definition) is 2. The number of anilines is 2. The molecule has 1 aliphatic carbocycles. The summed E-state index contributed by atoms with van der Waals surface area (Å²) in [5.41, 5.74) is 2.36. The lowest BCUT2D eigenvalue weighted by molar-refractivity contribution is -0.120. The molecule has 1 heterocycles. The van der Waals surface area contributed by atoms with Crippen LogP contribution in [0, 0.1) is 11.7 Å². The van der Waals surface area contributed by atoms with Gasteiger partial charge in [0.25, 0.3) is 5.91 Å². The molecule has 4 rings (SSSR count). The summed E-state index contributed by atoms with van der Waals surface area (Å²) in [6, 6.07) is 11.3. The normalized spacial score (nSPS) is 16.1. The van der Waals surface area contributed by atoms with Crippen molar-refractivity contribution in [1.29, 1.82) is 0 Å². The number of nitrogens with one attached hydrogen (secondary N) is 2. The first kappa shape index (κ1) is 21.7. The zero-order valence-electron chi connectivity index (χ0n) is 17.8. The number of hydrogen-bond acceptors (Lipinski definition) is 3. The quantitative estimate of drug-likeness (QED) is 0.684. The second-order valence-electron chi connectivity index (χ2n) is 8.27. The van der Waals surface area contributed by atoms with E-state index in [0.29, 0.717) is 16.9 Å². The van der Waals surface area contributed by atoms with Crippen LogP contribution < -0.4 is 10.6 Å². The first-order valence-electron chi connectivity index (χ1n) is 10.9. The minimum absolute atomic E-state index is 0.0527. The Morgan fingerprint density at radius 3 is 2.47 bits per heavy atom. The molecule has 1 fully saturated rings. The Morgan fingerprint density at radius 1 is 1.03 bits per heavy atom. The summed E-state index contributed by atoms with van der Waals surface area (Å²) in [6.45, 7) is 4.15. The molecule has 0 aromatic heterocycles. The van der Waals surface area contributed by atoms with Gasteiger partial charge in [-0.2, -0.15) is 0 Å². The van der Waals surface area contributed by atoms with E-state index < -0.39 is 5.82 Å². The van der Waals surface area contributed by atoms with Crippen molar-refractivity contribution in [2.24, 2.45) is 5.92 Å². The zero-order valence-corrected chi connectivity index (χ0v) is 17.8. The summed E-state index contributed by atoms with van der Waals surface area (Å²) in [6.07, 6.45) is 4.83. The summed E-state index contributed by atoms with van der Waals surface area (Å²) < 4.78 is 14.2. The number of halogens is 1. The number of nitrogens with zero attached hydrogens (tertiary/aromatic N) is 1. The predicted molar refractivity (Wildman–Crippen MR) is 121 cm³/mol. The van der Waals surface area contributed by atoms with E-state index in [9.17, 15) is 18.8 Å². The highest BCUT2D eigenvalue weighted by Crippen LogP contribution is 2.31. The van der Waals surface area contributed by atoms with Gasteiger partial charge < -0.3 is 15.5 Å². The molecule has 3 amide bonds. The molecule has 2 aliphatic rings. The third-order valence-corrected chi connectivity index (χ3v) is 6.09. The lowest BCUT2D eigenvalue weighted by Crippen LogP contribution is -2.27. The number of benzene rings is 2. The van der Waals surface area contributed by atoms with Crippen LogP contribution in [0.3, 0.4) is 0 Å². The van der Waals surface area contributed by atoms with E-state index in [0.717, 1.165) is 37.7 Å². The second kappa shape index (κ2) is 9.34. The van der Waals surface area contributed by atoms with Crippen LogP contribution in [0.25, 0.3) is 5.70 Å². The van der Waals surface area contributed by atoms with Crippen molar-refractivity contribution in [2.75, 3.05) is 17.2 Å². The third kappa shape index (κ3) is 4.56. The molecule has 1 saturated carbocycles. The summed E-state index contributed by atoms with van der Waals surface area (Å²) >= 11 is 0. The van der Waals surface area contributed by atoms with E-state index >= 15 is 0 Å². The average Bonchev–Trinajstić information content (AvgIpc) is 3.05. The fourth-order valence-corrected chi connectivity index (χ4v) is 4.31. The molecular formula is C25H26FN3O3. The van der Waals surface area contributed by atoms with Gasteiger partial charge in [-0.05, 0) is 37.1 Å². The summed E-state index contributed by atoms with van der Waals surface area (Å²) in [5.74, 6) is -1.33. The first-order chi connectivity index (χ1) is 15.4. The SMILES string of the molecule is C=C1c2ccccc2C(=O)N1CCC(=O)Nc1ccc(F)c(NC(=O)C2CCCCC2)c1. The van der Waals surface area contributed by atoms with Gasteiger partial charge in [0, 0.05) is 41.4 Å². The van der Waals surface area contributed by atoms with Crippen molar-refractivity contribution in [3.63, 3.8) is 0 Å². The van der Waals surface area contributed by atoms with Crippen LogP contribution in [0.4, 0.5) is 15.8 Å². The van der Waals surface area contributed by atoms with Crippen LogP contribution in [0.5, 0.6) is 0 Å². The molecule has 0 spiro atoms. The monoisotopic (exact) mass is 435 g/mol. The van der Waals surface area contributed by atoms with Crippen LogP contribution in [-0.2, 0) is 9.59 Å². The topological polar surface area (TPSA) is 78.5 Å². The Hall–Kier alpha value is -3.48. The number of carbonyl (C=O) groups excluding carboxylic acids is 3. The Labute approximate surface area is 186 Å². The van der Waals surface area contributed by atoms with Gasteiger partial charge in [-0.15, -0.1) is 0 Å². The van der Waals surface area contributed by atoms with Gasteiger partial charge in [-0.3, -0.25) is 14.4 Å². The molecule has 2 aromatic rings. The van der Waals surface area contributed by atoms with Crippen LogP contribution in [0.15, 0.2) is 49.0 Å². The first-order valence-corrected chi connectivity index (χ1v) is 10.9. The van der Waals surface area contributed by atoms with Gasteiger partial charge in [0.05, 0.1) is 5.69 Å². The Kier molecular flexibility index (Phi) is 6.35. The highest BCUT2D eigenvalue weighted by molar-refractivity contribution is 6.09. The highest BCUT2D eigenvalue weighted by atomic mass is 19.1. The number of amides is 3. The Balaban J connectivity index is 1.34. The predicted octanol–water partition coefficient (Wildman–Crippen LogP) is 4.80. The van der Waals surface area contributed by atoms with E-state index in [-0.39, 0.29) is 42.3 Å². The molecule has 0 bridgehead atoms. The molecule has 7 heteroatoms. The second-order valence-corrected chi connectivity index (χ2v) is 8.27. The molecule has 6 nitrogen and oxygen atoms in total. The average molecular weight is 435 g/mol. The van der Waals surface area contributed by atoms with E-state index in [4.69, 9.17) is 0 Å². The van der Waals surface area contributed by atoms with Gasteiger partial charge in [-0.1, -0.05) is 44.0 Å². The summed E-state index contributed by atoms with van der Waals surface area (Å²) in [4.78, 5) is 38.9. The summed E-state index contributed by atoms with van der Waals surface area (Å²) in [7, 11) is 0. The Bertz CT molecular complexity index is 1040. The van der Waals surface area contributed by atoms with Crippen molar-refractivity contribution in [3.8, 4) is 0 Å². The van der Waals surface area contributed by atoms with E-state index in [1.54, 1.807) is 12.1 Å². The maximum atomic E-state index is 14.2. The number of fused-ring (bicyclic) bond motifs is 1. The van der Waals surface area contributed by atoms with Crippen molar-refractivity contribution in [1.82, 2.24) is 4.90 Å². The van der Waals surface area contributed by atoms with Gasteiger partial charge in [0.2, 0.25) is 11.8 Å². The molecule has 2 N–H and O–H groups in total. The standard InChI is InChI=1S/C25H26FN3O3/c1-16-19-9-5-6-10-20(19)25(32)29(16)14-13-23(30)27-18-11-12-21(26)22(15-18)28-24(31)17-7-3-2-4-8-17/h5-6,9-12,15,17H,1-4,7-8,13-14H2,(H,27,30)(H,28,31). The molecule has 0 saturated heterocycles. The van der Waals surface area contributed by atoms with Crippen LogP contribution in [-0.4, -0.2) is 29.2 Å². The molecular weight excluding hydrogens is 409 g/mol. The van der Waals surface area contributed by atoms with Gasteiger partial charge >= 0.3 is 0 Å². The van der Waals surface area contributed by atoms with Gasteiger partial charge in [-0.25, -0.2) is 4.39 Å². The van der Waals surface area contributed by atoms with E-state index in [1.807, 2.05) is 12.1 Å². The fraction of sp³-hybridized carbons (Fsp3) is 0.320. The van der Waals surface area contributed by atoms with Crippen molar-refractivity contribution >= 4 is 34.8 Å². The van der Waals surface area contributed by atoms with Gasteiger partial charge in [0.15, 0.2) is 0 Å². The maximum absolute atomic E-state index is 14.2. The number of rotatable bonds is 6. The molecule has 32 heavy (non-hydrogen) atoms. The Morgan fingerprint density at radius 2 is 1.75 bits per heavy atom. The zero-order chi connectivity index (χ0) is 22.7. The molecule has 0 unspecified atom stereocenters. The third-order valence-electron chi connectivity index (χ3n) is 6.09. The largest absolute Gasteiger partial charge is 0.326 e. The minimum atomic E-state index is -0.552. The summed E-state index contributed by atoms with van der Waals surface area (Å²) in [5, 5.41) is 5.37.